The number of hydrogen-bond acceptors (Lipinski definition) is 8. The number of nitrogens with zero attached hydrogens (tertiary/aromatic N) is 3. The molecular formula is C33H34FN3O6S. The molecule has 9 nitrogen and oxygen atoms in total. The van der Waals surface area contributed by atoms with Crippen molar-refractivity contribution < 1.29 is 33.4 Å². The second-order valence-corrected chi connectivity index (χ2v) is 13.0. The molecule has 4 aromatic rings. The quantitative estimate of drug-likeness (QED) is 0.172. The third kappa shape index (κ3) is 6.88. The number of Topliss-reactive ketones (excluding diaryl/α,β-unsaturated/α-hetero) is 1. The smallest absolute Gasteiger partial charge is 0.410 e. The molecule has 0 saturated heterocycles. The maximum Gasteiger partial charge on any atom is 0.410 e. The van der Waals surface area contributed by atoms with Crippen molar-refractivity contribution in [3.63, 3.8) is 0 Å². The molecule has 1 fully saturated rings. The van der Waals surface area contributed by atoms with Gasteiger partial charge in [0.05, 0.1) is 27.3 Å². The van der Waals surface area contributed by atoms with E-state index in [4.69, 9.17) is 9.47 Å². The first-order valence-corrected chi connectivity index (χ1v) is 15.2. The zero-order valence-corrected chi connectivity index (χ0v) is 25.9. The Balaban J connectivity index is 1.30. The number of hydrogen-bond donors (Lipinski definition) is 1. The fraction of sp³-hybridized carbons (Fsp3) is 0.364. The fourth-order valence-electron chi connectivity index (χ4n) is 4.78. The van der Waals surface area contributed by atoms with Crippen molar-refractivity contribution in [2.75, 3.05) is 6.54 Å². The van der Waals surface area contributed by atoms with Gasteiger partial charge < -0.3 is 19.5 Å². The zero-order valence-electron chi connectivity index (χ0n) is 25.1. The number of ketones is 1. The van der Waals surface area contributed by atoms with E-state index in [-0.39, 0.29) is 18.3 Å². The number of pyridine rings is 2. The van der Waals surface area contributed by atoms with Crippen molar-refractivity contribution in [3.8, 4) is 22.1 Å². The third-order valence-corrected chi connectivity index (χ3v) is 8.41. The number of fused-ring (bicyclic) bond motifs is 1. The molecule has 1 aliphatic carbocycles. The molecule has 0 radical (unpaired) electrons. The fourth-order valence-corrected chi connectivity index (χ4v) is 5.83. The van der Waals surface area contributed by atoms with Gasteiger partial charge in [0.1, 0.15) is 16.8 Å². The van der Waals surface area contributed by atoms with Gasteiger partial charge in [0.2, 0.25) is 0 Å². The molecule has 3 heterocycles. The van der Waals surface area contributed by atoms with Crippen LogP contribution in [0.25, 0.3) is 20.8 Å². The van der Waals surface area contributed by atoms with Gasteiger partial charge in [-0.05, 0) is 75.4 Å². The second kappa shape index (κ2) is 12.3. The van der Waals surface area contributed by atoms with Gasteiger partial charge in [-0.2, -0.15) is 0 Å². The highest BCUT2D eigenvalue weighted by Crippen LogP contribution is 2.47. The number of aromatic nitrogens is 2. The van der Waals surface area contributed by atoms with Crippen LogP contribution in [0.4, 0.5) is 9.18 Å². The molecule has 1 aliphatic rings. The van der Waals surface area contributed by atoms with E-state index in [9.17, 15) is 19.5 Å². The number of aliphatic carboxylic acids is 1. The van der Waals surface area contributed by atoms with Crippen LogP contribution in [0.3, 0.4) is 0 Å². The minimum atomic E-state index is -1.32. The number of ether oxygens (including phenoxy) is 2. The van der Waals surface area contributed by atoms with Gasteiger partial charge in [0.15, 0.2) is 17.3 Å². The second-order valence-electron chi connectivity index (χ2n) is 11.9. The van der Waals surface area contributed by atoms with Gasteiger partial charge in [0.25, 0.3) is 0 Å². The summed E-state index contributed by atoms with van der Waals surface area (Å²) in [6, 6.07) is 11.6. The first-order valence-electron chi connectivity index (χ1n) is 14.4. The van der Waals surface area contributed by atoms with Crippen molar-refractivity contribution in [1.82, 2.24) is 14.9 Å². The van der Waals surface area contributed by atoms with Crippen molar-refractivity contribution in [2.45, 2.75) is 65.5 Å². The lowest BCUT2D eigenvalue weighted by Gasteiger charge is -2.27. The van der Waals surface area contributed by atoms with Gasteiger partial charge >= 0.3 is 12.1 Å². The summed E-state index contributed by atoms with van der Waals surface area (Å²) in [7, 11) is 0. The lowest BCUT2D eigenvalue weighted by Crippen LogP contribution is -2.36. The van der Waals surface area contributed by atoms with Crippen LogP contribution in [-0.4, -0.2) is 50.0 Å². The highest BCUT2D eigenvalue weighted by molar-refractivity contribution is 7.22. The molecule has 1 saturated carbocycles. The summed E-state index contributed by atoms with van der Waals surface area (Å²) in [4.78, 5) is 48.1. The normalized spacial score (nSPS) is 13.8. The van der Waals surface area contributed by atoms with Crippen LogP contribution in [0.1, 0.15) is 58.1 Å². The number of carbonyl (C=O) groups excluding carboxylic acids is 2. The Morgan fingerprint density at radius 2 is 1.80 bits per heavy atom. The first kappa shape index (κ1) is 31.1. The van der Waals surface area contributed by atoms with Gasteiger partial charge in [-0.25, -0.2) is 9.18 Å². The average molecular weight is 620 g/mol. The van der Waals surface area contributed by atoms with E-state index in [1.165, 1.54) is 23.5 Å². The molecule has 1 amide bonds. The van der Waals surface area contributed by atoms with Crippen LogP contribution in [0.5, 0.6) is 11.5 Å². The van der Waals surface area contributed by atoms with Crippen LogP contribution in [0, 0.1) is 11.2 Å². The maximum absolute atomic E-state index is 15.0. The van der Waals surface area contributed by atoms with Gasteiger partial charge in [-0.15, -0.1) is 11.3 Å². The lowest BCUT2D eigenvalue weighted by atomic mass is 9.95. The van der Waals surface area contributed by atoms with Crippen molar-refractivity contribution in [2.24, 2.45) is 5.41 Å². The molecule has 1 N–H and O–H groups in total. The van der Waals surface area contributed by atoms with Crippen molar-refractivity contribution in [1.29, 1.82) is 0 Å². The number of carbonyl (C=O) groups is 3. The largest absolute Gasteiger partial charge is 0.480 e. The van der Waals surface area contributed by atoms with Crippen molar-refractivity contribution >= 4 is 39.4 Å². The van der Waals surface area contributed by atoms with Crippen LogP contribution >= 0.6 is 11.3 Å². The Morgan fingerprint density at radius 3 is 2.41 bits per heavy atom. The molecule has 0 aliphatic heterocycles. The summed E-state index contributed by atoms with van der Waals surface area (Å²) >= 11 is 1.41. The number of carboxylic acid groups (broad SMARTS) is 1. The molecule has 3 aromatic heterocycles. The minimum absolute atomic E-state index is 0.0212. The summed E-state index contributed by atoms with van der Waals surface area (Å²) in [5.74, 6) is -1.79. The number of benzene rings is 1. The Morgan fingerprint density at radius 1 is 1.05 bits per heavy atom. The van der Waals surface area contributed by atoms with Crippen LogP contribution < -0.4 is 4.74 Å². The van der Waals surface area contributed by atoms with Crippen LogP contribution in [0.2, 0.25) is 0 Å². The van der Waals surface area contributed by atoms with E-state index in [1.54, 1.807) is 29.4 Å². The van der Waals surface area contributed by atoms with Crippen LogP contribution in [-0.2, 0) is 27.3 Å². The predicted molar refractivity (Wildman–Crippen MR) is 164 cm³/mol. The number of halogens is 1. The third-order valence-electron chi connectivity index (χ3n) is 7.25. The van der Waals surface area contributed by atoms with E-state index >= 15 is 4.39 Å². The molecule has 0 spiro atoms. The Kier molecular flexibility index (Phi) is 8.69. The summed E-state index contributed by atoms with van der Waals surface area (Å²) in [5.41, 5.74) is 0.740. The molecule has 230 valence electrons. The van der Waals surface area contributed by atoms with Crippen LogP contribution in [0.15, 0.2) is 54.9 Å². The Bertz CT molecular complexity index is 1710. The van der Waals surface area contributed by atoms with E-state index in [0.29, 0.717) is 47.5 Å². The molecule has 5 rings (SSSR count). The van der Waals surface area contributed by atoms with Gasteiger partial charge in [-0.1, -0.05) is 19.1 Å². The summed E-state index contributed by atoms with van der Waals surface area (Å²) in [5, 5.41) is 9.35. The molecule has 44 heavy (non-hydrogen) atoms. The molecule has 1 aromatic carbocycles. The molecule has 0 unspecified atom stereocenters. The van der Waals surface area contributed by atoms with E-state index in [2.05, 4.69) is 9.97 Å². The number of amides is 1. The van der Waals surface area contributed by atoms with Crippen molar-refractivity contribution in [3.05, 3.63) is 71.8 Å². The lowest BCUT2D eigenvalue weighted by molar-refractivity contribution is -0.148. The highest BCUT2D eigenvalue weighted by atomic mass is 32.1. The number of rotatable bonds is 11. The standard InChI is InChI=1S/C33H34FN3O6S/c1-5-14-37(31(41)43-32(2,3)4)19-21-6-8-23(36-18-21)27-17-24-29(44-27)26(10-13-35-24)42-25-9-7-20(15-22(25)34)16-28(38)33(11-12-33)30(39)40/h6-10,13,15,17-18H,5,11-12,14,16,19H2,1-4H3,(H,39,40). The number of thiophene rings is 1. The molecule has 0 bridgehead atoms. The number of carboxylic acids is 1. The molecule has 11 heteroatoms. The summed E-state index contributed by atoms with van der Waals surface area (Å²) in [6.07, 6.45) is 4.23. The topological polar surface area (TPSA) is 119 Å². The highest BCUT2D eigenvalue weighted by Gasteiger charge is 2.56. The maximum atomic E-state index is 15.0. The predicted octanol–water partition coefficient (Wildman–Crippen LogP) is 7.41. The Labute approximate surface area is 258 Å². The van der Waals surface area contributed by atoms with E-state index < -0.39 is 28.6 Å². The molecular weight excluding hydrogens is 585 g/mol. The summed E-state index contributed by atoms with van der Waals surface area (Å²) < 4.78 is 27.2. The first-order chi connectivity index (χ1) is 20.9. The van der Waals surface area contributed by atoms with E-state index in [0.717, 1.165) is 22.6 Å². The average Bonchev–Trinajstić information content (AvgIpc) is 3.67. The Hall–Kier alpha value is -4.38. The molecule has 0 atom stereocenters. The van der Waals surface area contributed by atoms with Gasteiger partial charge in [0, 0.05) is 31.4 Å². The van der Waals surface area contributed by atoms with E-state index in [1.807, 2.05) is 45.9 Å². The summed E-state index contributed by atoms with van der Waals surface area (Å²) in [6.45, 7) is 8.47. The zero-order chi connectivity index (χ0) is 31.6. The SMILES string of the molecule is CCCN(Cc1ccc(-c2cc3nccc(Oc4ccc(CC(=O)C5(C(=O)O)CC5)cc4F)c3s2)nc1)C(=O)OC(C)(C)C. The monoisotopic (exact) mass is 619 g/mol. The van der Waals surface area contributed by atoms with Gasteiger partial charge in [-0.3, -0.25) is 19.6 Å². The minimum Gasteiger partial charge on any atom is -0.480 e.